The zero-order valence-corrected chi connectivity index (χ0v) is 51.3. The van der Waals surface area contributed by atoms with E-state index in [1.807, 2.05) is 55.4 Å². The summed E-state index contributed by atoms with van der Waals surface area (Å²) in [6, 6.07) is -12.6. The van der Waals surface area contributed by atoms with E-state index in [-0.39, 0.29) is 81.1 Å². The maximum Gasteiger partial charge on any atom is 0.326 e. The van der Waals surface area contributed by atoms with Crippen LogP contribution in [0.4, 0.5) is 0 Å². The second kappa shape index (κ2) is 40.3. The minimum atomic E-state index is -1.27. The molecule has 0 spiro atoms. The van der Waals surface area contributed by atoms with Gasteiger partial charge in [0.15, 0.2) is 0 Å². The molecule has 0 fully saturated rings. The van der Waals surface area contributed by atoms with E-state index < -0.39 is 132 Å². The van der Waals surface area contributed by atoms with Crippen molar-refractivity contribution in [2.75, 3.05) is 19.6 Å². The zero-order chi connectivity index (χ0) is 63.0. The minimum absolute atomic E-state index is 0.0603. The van der Waals surface area contributed by atoms with Crippen LogP contribution in [0.5, 0.6) is 0 Å². The van der Waals surface area contributed by atoms with E-state index in [0.717, 1.165) is 0 Å². The number of carbonyl (C=O) groups is 11. The van der Waals surface area contributed by atoms with Crippen LogP contribution in [0.1, 0.15) is 173 Å². The maximum absolute atomic E-state index is 14.1. The highest BCUT2D eigenvalue weighted by atomic mass is 16.4. The SMILES string of the molecule is CC(C)C[C@H](NC(=O)[C@H](CCCCN)NC(=O)[C@H](CCCCN)NC(=O)[C@H](CC(C)C)NC(=O)[C@H](C)NC(=O)[C@H](CCCCN)NC(=O)[C@H](CC(C)C)NC(=O)[C@H](C)NC(=O)[C@H](CC(C)C)NC(=O)[C@H](C)NC(=O)[C@@H](N)C(C)C)C(=O)O. The van der Waals surface area contributed by atoms with E-state index in [9.17, 15) is 57.8 Å². The lowest BCUT2D eigenvalue weighted by Crippen LogP contribution is -2.60. The number of amides is 10. The van der Waals surface area contributed by atoms with Crippen LogP contribution in [0, 0.1) is 29.6 Å². The molecule has 0 bridgehead atoms. The summed E-state index contributed by atoms with van der Waals surface area (Å²) < 4.78 is 0. The molecule has 26 nitrogen and oxygen atoms in total. The monoisotopic (exact) mass is 1170 g/mol. The molecule has 0 saturated carbocycles. The minimum Gasteiger partial charge on any atom is -0.480 e. The fourth-order valence-electron chi connectivity index (χ4n) is 8.50. The van der Waals surface area contributed by atoms with E-state index >= 15 is 0 Å². The smallest absolute Gasteiger partial charge is 0.326 e. The lowest BCUT2D eigenvalue weighted by Gasteiger charge is -2.28. The molecule has 0 saturated heterocycles. The van der Waals surface area contributed by atoms with Crippen molar-refractivity contribution in [2.45, 2.75) is 240 Å². The Morgan fingerprint density at radius 2 is 0.524 bits per heavy atom. The van der Waals surface area contributed by atoms with Crippen LogP contribution in [0.2, 0.25) is 0 Å². The van der Waals surface area contributed by atoms with E-state index in [2.05, 4.69) is 53.2 Å². The highest BCUT2D eigenvalue weighted by Gasteiger charge is 2.35. The first-order valence-corrected chi connectivity index (χ1v) is 29.4. The summed E-state index contributed by atoms with van der Waals surface area (Å²) in [5, 5.41) is 36.4. The Hall–Kier alpha value is -5.99. The van der Waals surface area contributed by atoms with E-state index in [4.69, 9.17) is 22.9 Å². The Kier molecular flexibility index (Phi) is 37.3. The van der Waals surface area contributed by atoms with Gasteiger partial charge in [-0.25, -0.2) is 4.79 Å². The van der Waals surface area contributed by atoms with Gasteiger partial charge in [-0.15, -0.1) is 0 Å². The molecule has 0 aromatic heterocycles. The molecular weight excluding hydrogens is 1060 g/mol. The van der Waals surface area contributed by atoms with Crippen LogP contribution >= 0.6 is 0 Å². The first-order chi connectivity index (χ1) is 38.3. The highest BCUT2D eigenvalue weighted by molar-refractivity contribution is 5.98. The number of nitrogens with one attached hydrogen (secondary N) is 10. The molecule has 82 heavy (non-hydrogen) atoms. The third kappa shape index (κ3) is 30.9. The number of aliphatic carboxylic acids is 1. The largest absolute Gasteiger partial charge is 0.480 e. The molecule has 0 aliphatic carbocycles. The number of nitrogens with two attached hydrogens (primary N) is 4. The highest BCUT2D eigenvalue weighted by Crippen LogP contribution is 2.14. The summed E-state index contributed by atoms with van der Waals surface area (Å²) in [6.07, 6.45) is 3.65. The summed E-state index contributed by atoms with van der Waals surface area (Å²) in [5.41, 5.74) is 23.2. The molecule has 10 amide bonds. The van der Waals surface area contributed by atoms with Gasteiger partial charge in [0.05, 0.1) is 6.04 Å². The Bertz CT molecular complexity index is 2040. The lowest BCUT2D eigenvalue weighted by molar-refractivity contribution is -0.143. The summed E-state index contributed by atoms with van der Waals surface area (Å²) in [6.45, 7) is 23.3. The standard InChI is InChI=1S/C56H106N14O12/c1-30(2)26-41(67-48(73)37(13)63-55(80)45(60)34(9)10)52(77)62-36(12)47(72)69-42(27-31(3)4)53(78)65-38(20-14-17-23-57)49(74)61-35(11)46(71)68-43(28-32(5)6)54(79)66-39(21-15-18-24-58)50(75)64-40(22-16-19-25-59)51(76)70-44(56(81)82)29-33(7)8/h30-45H,14-29,57-60H2,1-13H3,(H,61,74)(H,62,77)(H,63,80)(H,64,75)(H,65,78)(H,66,79)(H,67,73)(H,68,71)(H,69,72)(H,70,76)(H,81,82)/t35-,36-,37-,38-,39-,40-,41-,42-,43-,44-,45-/m0/s1. The molecule has 0 heterocycles. The fraction of sp³-hybridized carbons (Fsp3) is 0.804. The van der Waals surface area contributed by atoms with Gasteiger partial charge >= 0.3 is 5.97 Å². The normalized spacial score (nSPS) is 15.5. The number of carboxylic acids is 1. The van der Waals surface area contributed by atoms with Crippen LogP contribution in [-0.4, -0.2) is 156 Å². The number of unbranched alkanes of at least 4 members (excludes halogenated alkanes) is 3. The van der Waals surface area contributed by atoms with Crippen LogP contribution in [0.25, 0.3) is 0 Å². The average molecular weight is 1170 g/mol. The van der Waals surface area contributed by atoms with Crippen molar-refractivity contribution in [1.82, 2.24) is 53.2 Å². The van der Waals surface area contributed by atoms with Gasteiger partial charge < -0.3 is 81.2 Å². The molecule has 0 aliphatic heterocycles. The second-order valence-corrected chi connectivity index (χ2v) is 23.6. The molecule has 0 aromatic rings. The number of carboxylic acid groups (broad SMARTS) is 1. The van der Waals surface area contributed by atoms with Crippen molar-refractivity contribution in [3.05, 3.63) is 0 Å². The van der Waals surface area contributed by atoms with Gasteiger partial charge in [-0.2, -0.15) is 0 Å². The maximum atomic E-state index is 14.1. The molecule has 0 radical (unpaired) electrons. The van der Waals surface area contributed by atoms with Gasteiger partial charge in [0, 0.05) is 0 Å². The first-order valence-electron chi connectivity index (χ1n) is 29.4. The first kappa shape index (κ1) is 76.0. The topological polar surface area (TPSA) is 432 Å². The molecule has 0 rings (SSSR count). The lowest BCUT2D eigenvalue weighted by atomic mass is 10.0. The van der Waals surface area contributed by atoms with Gasteiger partial charge in [-0.3, -0.25) is 47.9 Å². The summed E-state index contributed by atoms with van der Waals surface area (Å²) in [5.74, 6) is -8.80. The van der Waals surface area contributed by atoms with Gasteiger partial charge in [0.25, 0.3) is 0 Å². The number of carbonyl (C=O) groups excluding carboxylic acids is 10. The fourth-order valence-corrected chi connectivity index (χ4v) is 8.50. The molecule has 26 heteroatoms. The molecule has 19 N–H and O–H groups in total. The zero-order valence-electron chi connectivity index (χ0n) is 51.3. The van der Waals surface area contributed by atoms with Crippen molar-refractivity contribution in [3.8, 4) is 0 Å². The number of hydrogen-bond donors (Lipinski definition) is 15. The van der Waals surface area contributed by atoms with Crippen LogP contribution in [0.3, 0.4) is 0 Å². The van der Waals surface area contributed by atoms with Gasteiger partial charge in [-0.1, -0.05) is 69.2 Å². The Labute approximate surface area is 486 Å². The van der Waals surface area contributed by atoms with E-state index in [0.29, 0.717) is 51.6 Å². The van der Waals surface area contributed by atoms with Crippen LogP contribution in [-0.2, 0) is 52.7 Å². The quantitative estimate of drug-likeness (QED) is 0.0344. The molecule has 472 valence electrons. The van der Waals surface area contributed by atoms with Crippen molar-refractivity contribution in [3.63, 3.8) is 0 Å². The second-order valence-electron chi connectivity index (χ2n) is 23.6. The number of rotatable bonds is 42. The molecule has 0 aliphatic rings. The van der Waals surface area contributed by atoms with Crippen LogP contribution in [0.15, 0.2) is 0 Å². The Morgan fingerprint density at radius 1 is 0.305 bits per heavy atom. The summed E-state index contributed by atoms with van der Waals surface area (Å²) >= 11 is 0. The Morgan fingerprint density at radius 3 is 0.780 bits per heavy atom. The summed E-state index contributed by atoms with van der Waals surface area (Å²) in [7, 11) is 0. The van der Waals surface area contributed by atoms with Crippen LogP contribution < -0.4 is 76.1 Å². The third-order valence-corrected chi connectivity index (χ3v) is 13.4. The molecule has 0 unspecified atom stereocenters. The van der Waals surface area contributed by atoms with Gasteiger partial charge in [-0.05, 0) is 153 Å². The van der Waals surface area contributed by atoms with Crippen molar-refractivity contribution >= 4 is 65.0 Å². The molecule has 11 atom stereocenters. The third-order valence-electron chi connectivity index (χ3n) is 13.4. The Balaban J connectivity index is 6.42. The van der Waals surface area contributed by atoms with Crippen molar-refractivity contribution < 1.29 is 57.8 Å². The van der Waals surface area contributed by atoms with E-state index in [1.165, 1.54) is 20.8 Å². The van der Waals surface area contributed by atoms with Crippen molar-refractivity contribution in [1.29, 1.82) is 0 Å². The summed E-state index contributed by atoms with van der Waals surface area (Å²) in [4.78, 5) is 149. The predicted molar refractivity (Wildman–Crippen MR) is 313 cm³/mol. The molecule has 0 aromatic carbocycles. The predicted octanol–water partition coefficient (Wildman–Crippen LogP) is -0.467. The number of hydrogen-bond acceptors (Lipinski definition) is 15. The average Bonchev–Trinajstić information content (AvgIpc) is 3.44. The van der Waals surface area contributed by atoms with E-state index in [1.54, 1.807) is 13.8 Å². The molecular formula is C56H106N14O12. The van der Waals surface area contributed by atoms with Crippen molar-refractivity contribution in [2.24, 2.45) is 52.5 Å². The van der Waals surface area contributed by atoms with Gasteiger partial charge in [0.2, 0.25) is 59.1 Å². The van der Waals surface area contributed by atoms with Gasteiger partial charge in [0.1, 0.15) is 60.4 Å².